The molecule has 1 aliphatic heterocycles. The van der Waals surface area contributed by atoms with Gasteiger partial charge in [-0.2, -0.15) is 5.26 Å². The van der Waals surface area contributed by atoms with Crippen molar-refractivity contribution in [1.29, 1.82) is 5.26 Å². The lowest BCUT2D eigenvalue weighted by Crippen LogP contribution is -2.29. The molecule has 0 atom stereocenters. The van der Waals surface area contributed by atoms with Crippen LogP contribution in [0.1, 0.15) is 30.6 Å². The first-order valence-electron chi connectivity index (χ1n) is 7.04. The quantitative estimate of drug-likeness (QED) is 0.778. The summed E-state index contributed by atoms with van der Waals surface area (Å²) in [7, 11) is 1.61. The van der Waals surface area contributed by atoms with Gasteiger partial charge in [-0.3, -0.25) is 9.59 Å². The van der Waals surface area contributed by atoms with E-state index in [4.69, 9.17) is 5.26 Å². The fourth-order valence-electron chi connectivity index (χ4n) is 2.51. The second-order valence-corrected chi connectivity index (χ2v) is 5.64. The van der Waals surface area contributed by atoms with Gasteiger partial charge in [-0.1, -0.05) is 13.8 Å². The number of carbonyl (C=O) groups is 2. The Morgan fingerprint density at radius 2 is 2.05 bits per heavy atom. The molecule has 0 N–H and O–H groups in total. The Kier molecular flexibility index (Phi) is 4.27. The molecule has 1 aliphatic rings. The lowest BCUT2D eigenvalue weighted by atomic mass is 10.1. The predicted octanol–water partition coefficient (Wildman–Crippen LogP) is 2.22. The van der Waals surface area contributed by atoms with Gasteiger partial charge in [0.05, 0.1) is 23.7 Å². The molecule has 110 valence electrons. The van der Waals surface area contributed by atoms with Gasteiger partial charge in [-0.15, -0.1) is 0 Å². The van der Waals surface area contributed by atoms with Gasteiger partial charge in [0.25, 0.3) is 11.7 Å². The Balaban J connectivity index is 2.34. The molecule has 5 nitrogen and oxygen atoms in total. The highest BCUT2D eigenvalue weighted by molar-refractivity contribution is 6.52. The average Bonchev–Trinajstić information content (AvgIpc) is 2.67. The van der Waals surface area contributed by atoms with Crippen LogP contribution < -0.4 is 9.80 Å². The number of likely N-dealkylation sites (N-methyl/N-ethyl adjacent to an activating group) is 1. The number of fused-ring (bicyclic) bond motifs is 1. The van der Waals surface area contributed by atoms with Crippen LogP contribution in [0.3, 0.4) is 0 Å². The van der Waals surface area contributed by atoms with Crippen molar-refractivity contribution in [1.82, 2.24) is 0 Å². The maximum Gasteiger partial charge on any atom is 0.299 e. The molecule has 0 spiro atoms. The first-order chi connectivity index (χ1) is 9.95. The summed E-state index contributed by atoms with van der Waals surface area (Å²) in [6, 6.07) is 7.57. The number of nitrogens with zero attached hydrogens (tertiary/aromatic N) is 3. The van der Waals surface area contributed by atoms with Gasteiger partial charge in [0.1, 0.15) is 0 Å². The van der Waals surface area contributed by atoms with Crippen LogP contribution in [-0.2, 0) is 4.79 Å². The summed E-state index contributed by atoms with van der Waals surface area (Å²) in [6.07, 6.45) is 0.442. The molecule has 0 aliphatic carbocycles. The zero-order valence-corrected chi connectivity index (χ0v) is 12.6. The van der Waals surface area contributed by atoms with E-state index in [0.29, 0.717) is 30.1 Å². The molecule has 2 rings (SSSR count). The summed E-state index contributed by atoms with van der Waals surface area (Å²) in [4.78, 5) is 27.0. The Hall–Kier alpha value is -2.35. The first-order valence-corrected chi connectivity index (χ1v) is 7.04. The fourth-order valence-corrected chi connectivity index (χ4v) is 2.51. The van der Waals surface area contributed by atoms with Crippen molar-refractivity contribution in [3.8, 4) is 6.07 Å². The number of nitriles is 1. The lowest BCUT2D eigenvalue weighted by molar-refractivity contribution is -0.114. The maximum absolute atomic E-state index is 11.8. The van der Waals surface area contributed by atoms with Gasteiger partial charge < -0.3 is 9.80 Å². The molecule has 0 unspecified atom stereocenters. The summed E-state index contributed by atoms with van der Waals surface area (Å²) in [5.41, 5.74) is 2.04. The highest BCUT2D eigenvalue weighted by atomic mass is 16.2. The van der Waals surface area contributed by atoms with Crippen LogP contribution in [0.25, 0.3) is 0 Å². The summed E-state index contributed by atoms with van der Waals surface area (Å²) < 4.78 is 0. The molecule has 0 saturated carbocycles. The third-order valence-electron chi connectivity index (χ3n) is 3.53. The predicted molar refractivity (Wildman–Crippen MR) is 81.5 cm³/mol. The van der Waals surface area contributed by atoms with E-state index in [2.05, 4.69) is 24.8 Å². The number of anilines is 2. The van der Waals surface area contributed by atoms with E-state index in [1.165, 1.54) is 4.90 Å². The van der Waals surface area contributed by atoms with Crippen LogP contribution in [0.4, 0.5) is 11.4 Å². The second-order valence-electron chi connectivity index (χ2n) is 5.64. The van der Waals surface area contributed by atoms with Gasteiger partial charge in [0, 0.05) is 25.8 Å². The average molecular weight is 285 g/mol. The molecule has 5 heteroatoms. The van der Waals surface area contributed by atoms with Gasteiger partial charge >= 0.3 is 0 Å². The van der Waals surface area contributed by atoms with Crippen LogP contribution in [-0.4, -0.2) is 31.8 Å². The van der Waals surface area contributed by atoms with E-state index in [1.54, 1.807) is 13.1 Å². The zero-order valence-electron chi connectivity index (χ0n) is 12.6. The summed E-state index contributed by atoms with van der Waals surface area (Å²) in [5, 5.41) is 8.79. The lowest BCUT2D eigenvalue weighted by Gasteiger charge is -2.26. The molecule has 1 aromatic carbocycles. The molecule has 0 fully saturated rings. The number of amides is 1. The summed E-state index contributed by atoms with van der Waals surface area (Å²) >= 11 is 0. The van der Waals surface area contributed by atoms with E-state index in [0.717, 1.165) is 12.2 Å². The number of carbonyl (C=O) groups excluding carboxylic acids is 2. The monoisotopic (exact) mass is 285 g/mol. The van der Waals surface area contributed by atoms with E-state index in [1.807, 2.05) is 12.1 Å². The van der Waals surface area contributed by atoms with Crippen molar-refractivity contribution < 1.29 is 9.59 Å². The molecular weight excluding hydrogens is 266 g/mol. The molecule has 1 amide bonds. The molecule has 0 aromatic heterocycles. The van der Waals surface area contributed by atoms with Crippen molar-refractivity contribution in [2.24, 2.45) is 5.92 Å². The highest BCUT2D eigenvalue weighted by Crippen LogP contribution is 2.32. The Morgan fingerprint density at radius 3 is 2.67 bits per heavy atom. The van der Waals surface area contributed by atoms with Gasteiger partial charge in [0.2, 0.25) is 0 Å². The SMILES string of the molecule is CC(C)CN(CCC#N)c1ccc2c(c1)N(C)C(=O)C2=O. The number of ketones is 1. The van der Waals surface area contributed by atoms with Crippen LogP contribution >= 0.6 is 0 Å². The third-order valence-corrected chi connectivity index (χ3v) is 3.53. The molecule has 1 aromatic rings. The Morgan fingerprint density at radius 1 is 1.33 bits per heavy atom. The van der Waals surface area contributed by atoms with Crippen LogP contribution in [0.5, 0.6) is 0 Å². The van der Waals surface area contributed by atoms with Crippen molar-refractivity contribution in [3.05, 3.63) is 23.8 Å². The number of benzene rings is 1. The van der Waals surface area contributed by atoms with Gasteiger partial charge in [0.15, 0.2) is 0 Å². The third kappa shape index (κ3) is 2.89. The minimum absolute atomic E-state index is 0.442. The zero-order chi connectivity index (χ0) is 15.6. The molecule has 0 saturated heterocycles. The van der Waals surface area contributed by atoms with Crippen molar-refractivity contribution in [2.45, 2.75) is 20.3 Å². The van der Waals surface area contributed by atoms with Crippen molar-refractivity contribution in [2.75, 3.05) is 29.9 Å². The number of rotatable bonds is 5. The molecule has 0 bridgehead atoms. The van der Waals surface area contributed by atoms with Crippen molar-refractivity contribution >= 4 is 23.1 Å². The Bertz CT molecular complexity index is 616. The van der Waals surface area contributed by atoms with E-state index >= 15 is 0 Å². The summed E-state index contributed by atoms with van der Waals surface area (Å²) in [5.74, 6) is -0.487. The van der Waals surface area contributed by atoms with Crippen molar-refractivity contribution in [3.63, 3.8) is 0 Å². The minimum Gasteiger partial charge on any atom is -0.370 e. The smallest absolute Gasteiger partial charge is 0.299 e. The van der Waals surface area contributed by atoms with Gasteiger partial charge in [-0.05, 0) is 24.1 Å². The Labute approximate surface area is 124 Å². The minimum atomic E-state index is -0.491. The second kappa shape index (κ2) is 5.96. The van der Waals surface area contributed by atoms with E-state index in [9.17, 15) is 9.59 Å². The largest absolute Gasteiger partial charge is 0.370 e. The highest BCUT2D eigenvalue weighted by Gasteiger charge is 2.33. The molecule has 21 heavy (non-hydrogen) atoms. The number of hydrogen-bond donors (Lipinski definition) is 0. The van der Waals surface area contributed by atoms with Crippen LogP contribution in [0.15, 0.2) is 18.2 Å². The molecule has 1 heterocycles. The molecular formula is C16H19N3O2. The van der Waals surface area contributed by atoms with Crippen LogP contribution in [0, 0.1) is 17.2 Å². The fraction of sp³-hybridized carbons (Fsp3) is 0.438. The number of Topliss-reactive ketones (excluding diaryl/α,β-unsaturated/α-hetero) is 1. The normalized spacial score (nSPS) is 13.6. The summed E-state index contributed by atoms with van der Waals surface area (Å²) in [6.45, 7) is 5.70. The number of hydrogen-bond acceptors (Lipinski definition) is 4. The standard InChI is InChI=1S/C16H19N3O2/c1-11(2)10-19(8-4-7-17)12-5-6-13-14(9-12)18(3)16(21)15(13)20/h5-6,9,11H,4,8,10H2,1-3H3. The first kappa shape index (κ1) is 15.0. The maximum atomic E-state index is 11.8. The molecule has 0 radical (unpaired) electrons. The van der Waals surface area contributed by atoms with Gasteiger partial charge in [-0.25, -0.2) is 0 Å². The van der Waals surface area contributed by atoms with E-state index < -0.39 is 11.7 Å². The van der Waals surface area contributed by atoms with E-state index in [-0.39, 0.29) is 0 Å². The van der Waals surface area contributed by atoms with Crippen LogP contribution in [0.2, 0.25) is 0 Å². The topological polar surface area (TPSA) is 64.4 Å².